The highest BCUT2D eigenvalue weighted by atomic mass is 32.1. The van der Waals surface area contributed by atoms with Gasteiger partial charge in [-0.1, -0.05) is 17.7 Å². The Kier molecular flexibility index (Phi) is 4.59. The zero-order valence-electron chi connectivity index (χ0n) is 14.6. The fourth-order valence-corrected chi connectivity index (χ4v) is 3.69. The molecule has 2 aromatic rings. The highest BCUT2D eigenvalue weighted by Crippen LogP contribution is 2.36. The number of hydrogen-bond donors (Lipinski definition) is 0. The van der Waals surface area contributed by atoms with E-state index in [2.05, 4.69) is 0 Å². The van der Waals surface area contributed by atoms with Crippen LogP contribution >= 0.6 is 11.3 Å². The second-order valence-electron chi connectivity index (χ2n) is 5.95. The summed E-state index contributed by atoms with van der Waals surface area (Å²) >= 11 is 1.56. The van der Waals surface area contributed by atoms with Gasteiger partial charge in [-0.25, -0.2) is 4.79 Å². The number of allylic oxidation sites excluding steroid dienone is 2. The Hall–Kier alpha value is -2.66. The number of ketones is 1. The highest BCUT2D eigenvalue weighted by Gasteiger charge is 2.38. The third-order valence-electron chi connectivity index (χ3n) is 4.25. The Bertz CT molecular complexity index is 903. The Morgan fingerprint density at radius 1 is 1.12 bits per heavy atom. The summed E-state index contributed by atoms with van der Waals surface area (Å²) in [5.41, 5.74) is 4.20. The number of thiophene rings is 1. The maximum Gasteiger partial charge on any atom is 0.343 e. The summed E-state index contributed by atoms with van der Waals surface area (Å²) in [6.07, 6.45) is 1.85. The van der Waals surface area contributed by atoms with Crippen LogP contribution in [0.3, 0.4) is 0 Å². The van der Waals surface area contributed by atoms with Crippen molar-refractivity contribution in [2.24, 2.45) is 0 Å². The largest absolute Gasteiger partial charge is 0.465 e. The summed E-state index contributed by atoms with van der Waals surface area (Å²) < 4.78 is 4.82. The molecule has 1 aliphatic heterocycles. The summed E-state index contributed by atoms with van der Waals surface area (Å²) in [6, 6.07) is 9.87. The van der Waals surface area contributed by atoms with Gasteiger partial charge in [-0.15, -0.1) is 11.3 Å². The number of hydrogen-bond acceptors (Lipinski definition) is 5. The molecule has 25 heavy (non-hydrogen) atoms. The summed E-state index contributed by atoms with van der Waals surface area (Å²) in [5.74, 6) is -0.913. The number of Topliss-reactive ketones (excluding diaryl/α,β-unsaturated/α-hetero) is 1. The average Bonchev–Trinajstić information content (AvgIpc) is 3.10. The van der Waals surface area contributed by atoms with Crippen molar-refractivity contribution >= 4 is 34.9 Å². The first-order chi connectivity index (χ1) is 11.9. The van der Waals surface area contributed by atoms with Crippen LogP contribution in [0.4, 0.5) is 5.69 Å². The number of nitrogens with zero attached hydrogens (tertiary/aromatic N) is 1. The van der Waals surface area contributed by atoms with E-state index < -0.39 is 5.97 Å². The van der Waals surface area contributed by atoms with E-state index in [0.717, 1.165) is 21.7 Å². The molecule has 0 amide bonds. The minimum atomic E-state index is -0.606. The number of ether oxygens (including phenoxy) is 1. The lowest BCUT2D eigenvalue weighted by molar-refractivity contribution is -0.137. The number of rotatable bonds is 3. The number of carbonyl (C=O) groups is 2. The molecule has 0 bridgehead atoms. The maximum atomic E-state index is 12.9. The van der Waals surface area contributed by atoms with Gasteiger partial charge in [0.2, 0.25) is 5.78 Å². The van der Waals surface area contributed by atoms with E-state index in [4.69, 9.17) is 4.74 Å². The molecule has 0 radical (unpaired) electrons. The molecule has 2 heterocycles. The molecule has 0 fully saturated rings. The van der Waals surface area contributed by atoms with Crippen molar-refractivity contribution in [2.45, 2.75) is 20.8 Å². The highest BCUT2D eigenvalue weighted by molar-refractivity contribution is 7.11. The number of carbonyl (C=O) groups excluding carboxylic acids is 2. The van der Waals surface area contributed by atoms with Crippen molar-refractivity contribution in [1.82, 2.24) is 0 Å². The van der Waals surface area contributed by atoms with Crippen LogP contribution in [0.1, 0.15) is 22.9 Å². The summed E-state index contributed by atoms with van der Waals surface area (Å²) in [4.78, 5) is 27.9. The third-order valence-corrected chi connectivity index (χ3v) is 5.21. The quantitative estimate of drug-likeness (QED) is 0.470. The first kappa shape index (κ1) is 17.2. The number of esters is 1. The summed E-state index contributed by atoms with van der Waals surface area (Å²) in [7, 11) is 1.29. The molecule has 0 saturated heterocycles. The molecular formula is C20H19NO3S. The minimum absolute atomic E-state index is 0.0866. The maximum absolute atomic E-state index is 12.9. The van der Waals surface area contributed by atoms with Gasteiger partial charge in [0.1, 0.15) is 5.57 Å². The minimum Gasteiger partial charge on any atom is -0.465 e. The molecule has 4 nitrogen and oxygen atoms in total. The summed E-state index contributed by atoms with van der Waals surface area (Å²) in [6.45, 7) is 5.78. The second kappa shape index (κ2) is 6.69. The Morgan fingerprint density at radius 3 is 2.36 bits per heavy atom. The molecule has 1 aliphatic rings. The number of methoxy groups -OCH3 is 1. The molecule has 1 aromatic heterocycles. The number of anilines is 1. The van der Waals surface area contributed by atoms with Crippen LogP contribution in [0, 0.1) is 13.8 Å². The first-order valence-corrected chi connectivity index (χ1v) is 8.78. The van der Waals surface area contributed by atoms with Gasteiger partial charge in [-0.2, -0.15) is 0 Å². The van der Waals surface area contributed by atoms with Gasteiger partial charge in [0.15, 0.2) is 0 Å². The molecule has 5 heteroatoms. The predicted molar refractivity (Wildman–Crippen MR) is 100 cm³/mol. The van der Waals surface area contributed by atoms with Crippen molar-refractivity contribution < 1.29 is 14.3 Å². The molecular weight excluding hydrogens is 334 g/mol. The Morgan fingerprint density at radius 2 is 1.80 bits per heavy atom. The van der Waals surface area contributed by atoms with Crippen molar-refractivity contribution in [1.29, 1.82) is 0 Å². The monoisotopic (exact) mass is 353 g/mol. The molecule has 0 spiro atoms. The van der Waals surface area contributed by atoms with Crippen molar-refractivity contribution in [3.05, 3.63) is 68.7 Å². The SMILES string of the molecule is COC(=O)C1=C(C)N(c2ccc(C)cc2)/C(=C\c2sccc2C)C1=O. The van der Waals surface area contributed by atoms with Crippen molar-refractivity contribution in [2.75, 3.05) is 12.0 Å². The summed E-state index contributed by atoms with van der Waals surface area (Å²) in [5, 5.41) is 1.98. The van der Waals surface area contributed by atoms with Crippen LogP contribution in [-0.2, 0) is 14.3 Å². The molecule has 0 unspecified atom stereocenters. The molecule has 0 saturated carbocycles. The molecule has 0 aliphatic carbocycles. The molecule has 1 aromatic carbocycles. The van der Waals surface area contributed by atoms with Gasteiger partial charge >= 0.3 is 5.97 Å². The Labute approximate surface area is 151 Å². The molecule has 128 valence electrons. The second-order valence-corrected chi connectivity index (χ2v) is 6.90. The van der Waals surface area contributed by atoms with E-state index in [9.17, 15) is 9.59 Å². The van der Waals surface area contributed by atoms with Gasteiger partial charge in [-0.3, -0.25) is 4.79 Å². The van der Waals surface area contributed by atoms with Gasteiger partial charge in [0.25, 0.3) is 0 Å². The number of aryl methyl sites for hydroxylation is 2. The number of benzene rings is 1. The molecule has 0 N–H and O–H groups in total. The lowest BCUT2D eigenvalue weighted by atomic mass is 10.1. The molecule has 0 atom stereocenters. The first-order valence-electron chi connectivity index (χ1n) is 7.90. The predicted octanol–water partition coefficient (Wildman–Crippen LogP) is 4.24. The normalized spacial score (nSPS) is 16.1. The van der Waals surface area contributed by atoms with Crippen LogP contribution in [0.25, 0.3) is 6.08 Å². The molecule has 3 rings (SSSR count). The van der Waals surface area contributed by atoms with Gasteiger partial charge in [-0.05, 0) is 56.0 Å². The fraction of sp³-hybridized carbons (Fsp3) is 0.200. The topological polar surface area (TPSA) is 46.6 Å². The van der Waals surface area contributed by atoms with E-state index in [1.54, 1.807) is 18.3 Å². The average molecular weight is 353 g/mol. The van der Waals surface area contributed by atoms with E-state index in [-0.39, 0.29) is 11.4 Å². The fourth-order valence-electron chi connectivity index (χ4n) is 2.84. The standard InChI is InChI=1S/C20H19NO3S/c1-12-5-7-15(8-6-12)21-14(3)18(20(23)24-4)19(22)16(21)11-17-13(2)9-10-25-17/h5-11H,1-4H3/b16-11-. The van der Waals surface area contributed by atoms with Gasteiger partial charge in [0.05, 0.1) is 12.8 Å². The van der Waals surface area contributed by atoms with Gasteiger partial charge in [0, 0.05) is 16.3 Å². The van der Waals surface area contributed by atoms with Crippen LogP contribution in [0.2, 0.25) is 0 Å². The van der Waals surface area contributed by atoms with Crippen LogP contribution in [-0.4, -0.2) is 18.9 Å². The lowest BCUT2D eigenvalue weighted by Crippen LogP contribution is -2.18. The van der Waals surface area contributed by atoms with Crippen molar-refractivity contribution in [3.8, 4) is 0 Å². The van der Waals surface area contributed by atoms with Gasteiger partial charge < -0.3 is 9.64 Å². The van der Waals surface area contributed by atoms with Crippen LogP contribution in [0.15, 0.2) is 52.7 Å². The zero-order chi connectivity index (χ0) is 18.1. The van der Waals surface area contributed by atoms with E-state index in [0.29, 0.717) is 11.4 Å². The van der Waals surface area contributed by atoms with E-state index in [1.807, 2.05) is 60.5 Å². The van der Waals surface area contributed by atoms with E-state index in [1.165, 1.54) is 7.11 Å². The lowest BCUT2D eigenvalue weighted by Gasteiger charge is -2.21. The Balaban J connectivity index is 2.17. The van der Waals surface area contributed by atoms with E-state index >= 15 is 0 Å². The third kappa shape index (κ3) is 3.03. The smallest absolute Gasteiger partial charge is 0.343 e. The van der Waals surface area contributed by atoms with Crippen LogP contribution < -0.4 is 4.90 Å². The zero-order valence-corrected chi connectivity index (χ0v) is 15.4. The van der Waals surface area contributed by atoms with Crippen molar-refractivity contribution in [3.63, 3.8) is 0 Å². The van der Waals surface area contributed by atoms with Crippen LogP contribution in [0.5, 0.6) is 0 Å².